The molecule has 0 unspecified atom stereocenters. The number of nitrogens with one attached hydrogen (secondary N) is 1. The van der Waals surface area contributed by atoms with Crippen molar-refractivity contribution in [2.45, 2.75) is 46.2 Å². The summed E-state index contributed by atoms with van der Waals surface area (Å²) in [5.74, 6) is 3.76. The van der Waals surface area contributed by atoms with Crippen molar-refractivity contribution >= 4 is 11.5 Å². The van der Waals surface area contributed by atoms with Gasteiger partial charge in [0.25, 0.3) is 0 Å². The van der Waals surface area contributed by atoms with Gasteiger partial charge in [-0.05, 0) is 74.2 Å². The van der Waals surface area contributed by atoms with Crippen molar-refractivity contribution in [3.8, 4) is 22.6 Å². The number of fused-ring (bicyclic) bond motifs is 2. The first-order valence-corrected chi connectivity index (χ1v) is 13.2. The van der Waals surface area contributed by atoms with Gasteiger partial charge in [-0.15, -0.1) is 0 Å². The summed E-state index contributed by atoms with van der Waals surface area (Å²) in [5.41, 5.74) is 7.22. The van der Waals surface area contributed by atoms with Crippen molar-refractivity contribution in [1.29, 1.82) is 0 Å². The molecule has 196 valence electrons. The molecular formula is C30H39N5O2. The predicted octanol–water partition coefficient (Wildman–Crippen LogP) is 5.17. The van der Waals surface area contributed by atoms with E-state index >= 15 is 0 Å². The van der Waals surface area contributed by atoms with Crippen LogP contribution in [-0.2, 0) is 25.9 Å². The van der Waals surface area contributed by atoms with E-state index in [0.29, 0.717) is 6.61 Å². The zero-order valence-corrected chi connectivity index (χ0v) is 23.0. The number of rotatable bonds is 6. The average molecular weight is 502 g/mol. The molecule has 0 spiro atoms. The minimum absolute atomic E-state index is 0.251. The second kappa shape index (κ2) is 10.2. The van der Waals surface area contributed by atoms with E-state index in [4.69, 9.17) is 19.4 Å². The van der Waals surface area contributed by atoms with Crippen molar-refractivity contribution in [2.24, 2.45) is 5.41 Å². The molecule has 2 aromatic carbocycles. The van der Waals surface area contributed by atoms with Crippen LogP contribution in [0.1, 0.15) is 42.9 Å². The van der Waals surface area contributed by atoms with Gasteiger partial charge < -0.3 is 24.6 Å². The highest BCUT2D eigenvalue weighted by atomic mass is 16.5. The molecule has 1 aliphatic heterocycles. The smallest absolute Gasteiger partial charge is 0.144 e. The molecule has 0 bridgehead atoms. The van der Waals surface area contributed by atoms with Crippen LogP contribution in [0.15, 0.2) is 36.4 Å². The summed E-state index contributed by atoms with van der Waals surface area (Å²) in [7, 11) is 7.75. The summed E-state index contributed by atoms with van der Waals surface area (Å²) in [6.07, 6.45) is 3.17. The highest BCUT2D eigenvalue weighted by Crippen LogP contribution is 2.39. The van der Waals surface area contributed by atoms with Crippen LogP contribution in [0, 0.1) is 5.41 Å². The first-order valence-electron chi connectivity index (χ1n) is 13.2. The summed E-state index contributed by atoms with van der Waals surface area (Å²) in [5, 5.41) is 3.24. The van der Waals surface area contributed by atoms with Crippen LogP contribution >= 0.6 is 0 Å². The number of anilines is 2. The molecule has 0 saturated heterocycles. The summed E-state index contributed by atoms with van der Waals surface area (Å²) < 4.78 is 11.7. The third kappa shape index (κ3) is 5.37. The van der Waals surface area contributed by atoms with E-state index in [1.807, 2.05) is 13.1 Å². The summed E-state index contributed by atoms with van der Waals surface area (Å²) in [4.78, 5) is 14.7. The fourth-order valence-electron chi connectivity index (χ4n) is 5.43. The molecule has 0 atom stereocenters. The Balaban J connectivity index is 1.52. The lowest BCUT2D eigenvalue weighted by Gasteiger charge is -2.34. The quantitative estimate of drug-likeness (QED) is 0.500. The lowest BCUT2D eigenvalue weighted by molar-refractivity contribution is 0.308. The molecule has 0 amide bonds. The van der Waals surface area contributed by atoms with Crippen LogP contribution in [-0.4, -0.2) is 56.3 Å². The van der Waals surface area contributed by atoms with Crippen LogP contribution in [0.2, 0.25) is 0 Å². The van der Waals surface area contributed by atoms with Crippen LogP contribution in [0.3, 0.4) is 0 Å². The Bertz CT molecular complexity index is 1290. The number of hydrogen-bond donors (Lipinski definition) is 1. The van der Waals surface area contributed by atoms with Gasteiger partial charge in [-0.25, -0.2) is 9.97 Å². The topological polar surface area (TPSA) is 62.8 Å². The Morgan fingerprint density at radius 3 is 2.65 bits per heavy atom. The maximum absolute atomic E-state index is 6.23. The van der Waals surface area contributed by atoms with Gasteiger partial charge in [0.05, 0.1) is 25.9 Å². The van der Waals surface area contributed by atoms with Gasteiger partial charge in [0.2, 0.25) is 0 Å². The Morgan fingerprint density at radius 1 is 1.11 bits per heavy atom. The lowest BCUT2D eigenvalue weighted by Crippen LogP contribution is -2.32. The van der Waals surface area contributed by atoms with Crippen LogP contribution in [0.5, 0.6) is 11.5 Å². The molecule has 5 rings (SSSR count). The summed E-state index contributed by atoms with van der Waals surface area (Å²) in [6.45, 7) is 7.62. The number of aromatic nitrogens is 2. The van der Waals surface area contributed by atoms with Gasteiger partial charge in [-0.3, -0.25) is 0 Å². The molecule has 0 saturated carbocycles. The Hall–Kier alpha value is -3.32. The molecule has 7 heteroatoms. The number of ether oxygens (including phenoxy) is 2. The molecule has 1 aliphatic carbocycles. The minimum Gasteiger partial charge on any atom is -0.495 e. The minimum atomic E-state index is 0.251. The SMILES string of the molecule is CNc1cc(-c2ccc3c(c2)CN(c2nc(CN(C)C)nc4c2CC(C)(C)CC4)CCO3)ccc1OC. The van der Waals surface area contributed by atoms with Gasteiger partial charge in [-0.1, -0.05) is 26.0 Å². The van der Waals surface area contributed by atoms with E-state index in [1.165, 1.54) is 16.8 Å². The number of hydrogen-bond acceptors (Lipinski definition) is 7. The fraction of sp³-hybridized carbons (Fsp3) is 0.467. The molecule has 0 fully saturated rings. The third-order valence-electron chi connectivity index (χ3n) is 7.41. The third-order valence-corrected chi connectivity index (χ3v) is 7.41. The van der Waals surface area contributed by atoms with E-state index < -0.39 is 0 Å². The Labute approximate surface area is 220 Å². The molecule has 7 nitrogen and oxygen atoms in total. The van der Waals surface area contributed by atoms with Crippen molar-refractivity contribution in [1.82, 2.24) is 14.9 Å². The average Bonchev–Trinajstić information content (AvgIpc) is 3.09. The highest BCUT2D eigenvalue weighted by Gasteiger charge is 2.31. The van der Waals surface area contributed by atoms with Crippen molar-refractivity contribution in [3.05, 3.63) is 59.0 Å². The van der Waals surface area contributed by atoms with Gasteiger partial charge in [-0.2, -0.15) is 0 Å². The van der Waals surface area contributed by atoms with Gasteiger partial charge >= 0.3 is 0 Å². The van der Waals surface area contributed by atoms with Crippen LogP contribution in [0.25, 0.3) is 11.1 Å². The van der Waals surface area contributed by atoms with E-state index in [-0.39, 0.29) is 5.41 Å². The molecule has 1 aromatic heterocycles. The maximum atomic E-state index is 6.23. The lowest BCUT2D eigenvalue weighted by atomic mass is 9.76. The molecule has 2 heterocycles. The van der Waals surface area contributed by atoms with E-state index in [2.05, 4.69) is 73.4 Å². The largest absolute Gasteiger partial charge is 0.495 e. The van der Waals surface area contributed by atoms with E-state index in [1.54, 1.807) is 7.11 Å². The summed E-state index contributed by atoms with van der Waals surface area (Å²) >= 11 is 0. The molecule has 1 N–H and O–H groups in total. The van der Waals surface area contributed by atoms with Crippen LogP contribution in [0.4, 0.5) is 11.5 Å². The number of nitrogens with zero attached hydrogens (tertiary/aromatic N) is 4. The molecule has 3 aromatic rings. The number of aryl methyl sites for hydroxylation is 1. The highest BCUT2D eigenvalue weighted by molar-refractivity contribution is 5.73. The summed E-state index contributed by atoms with van der Waals surface area (Å²) in [6, 6.07) is 12.7. The van der Waals surface area contributed by atoms with Crippen LogP contribution < -0.4 is 19.7 Å². The predicted molar refractivity (Wildman–Crippen MR) is 150 cm³/mol. The van der Waals surface area contributed by atoms with Gasteiger partial charge in [0, 0.05) is 30.4 Å². The number of methoxy groups -OCH3 is 1. The molecule has 0 radical (unpaired) electrons. The second-order valence-electron chi connectivity index (χ2n) is 11.2. The first-order chi connectivity index (χ1) is 17.8. The van der Waals surface area contributed by atoms with Gasteiger partial charge in [0.15, 0.2) is 0 Å². The monoisotopic (exact) mass is 501 g/mol. The zero-order valence-electron chi connectivity index (χ0n) is 23.0. The van der Waals surface area contributed by atoms with Crippen molar-refractivity contribution in [2.75, 3.05) is 51.6 Å². The Kier molecular flexibility index (Phi) is 6.99. The molecule has 2 aliphatic rings. The second-order valence-corrected chi connectivity index (χ2v) is 11.2. The molecule has 37 heavy (non-hydrogen) atoms. The van der Waals surface area contributed by atoms with Crippen molar-refractivity contribution < 1.29 is 9.47 Å². The van der Waals surface area contributed by atoms with E-state index in [0.717, 1.165) is 78.9 Å². The first kappa shape index (κ1) is 25.3. The fourth-order valence-corrected chi connectivity index (χ4v) is 5.43. The normalized spacial score (nSPS) is 16.5. The standard InChI is InChI=1S/C30H39N5O2/c1-30(2)12-11-24-23(17-30)29(33-28(32-24)19-34(4)5)35-13-14-37-26-9-7-20(15-22(26)18-35)21-8-10-27(36-6)25(16-21)31-3/h7-10,15-16,31H,11-14,17-19H2,1-6H3. The zero-order chi connectivity index (χ0) is 26.2. The molecular weight excluding hydrogens is 462 g/mol. The Morgan fingerprint density at radius 2 is 1.89 bits per heavy atom. The van der Waals surface area contributed by atoms with Gasteiger partial charge in [0.1, 0.15) is 29.7 Å². The maximum Gasteiger partial charge on any atom is 0.144 e. The number of benzene rings is 2. The van der Waals surface area contributed by atoms with E-state index in [9.17, 15) is 0 Å². The van der Waals surface area contributed by atoms with Crippen molar-refractivity contribution in [3.63, 3.8) is 0 Å².